The highest BCUT2D eigenvalue weighted by molar-refractivity contribution is 6.02. The van der Waals surface area contributed by atoms with Crippen molar-refractivity contribution in [2.24, 2.45) is 0 Å². The summed E-state index contributed by atoms with van der Waals surface area (Å²) in [5, 5.41) is 6.21. The average molecular weight is 282 g/mol. The number of ether oxygens (including phenoxy) is 1. The number of fused-ring (bicyclic) bond motifs is 1. The molecule has 4 heteroatoms. The molecule has 0 aromatic heterocycles. The number of benzene rings is 2. The van der Waals surface area contributed by atoms with Crippen LogP contribution in [0.15, 0.2) is 48.5 Å². The Kier molecular flexibility index (Phi) is 3.99. The van der Waals surface area contributed by atoms with Crippen LogP contribution in [0, 0.1) is 0 Å². The molecule has 1 atom stereocenters. The van der Waals surface area contributed by atoms with Crippen LogP contribution in [-0.4, -0.2) is 13.0 Å². The molecule has 0 saturated carbocycles. The molecule has 1 unspecified atom stereocenters. The lowest BCUT2D eigenvalue weighted by Gasteiger charge is -2.12. The molecule has 2 aromatic carbocycles. The fraction of sp³-hybridized carbons (Fsp3) is 0.235. The minimum absolute atomic E-state index is 0.00393. The predicted octanol–water partition coefficient (Wildman–Crippen LogP) is 2.62. The van der Waals surface area contributed by atoms with Crippen molar-refractivity contribution in [2.75, 3.05) is 12.4 Å². The molecule has 0 spiro atoms. The molecule has 2 N–H and O–H groups in total. The van der Waals surface area contributed by atoms with Gasteiger partial charge in [0.1, 0.15) is 6.04 Å². The third-order valence-electron chi connectivity index (χ3n) is 3.60. The van der Waals surface area contributed by atoms with E-state index in [0.717, 1.165) is 22.4 Å². The second kappa shape index (κ2) is 6.08. The van der Waals surface area contributed by atoms with E-state index in [1.54, 1.807) is 7.11 Å². The van der Waals surface area contributed by atoms with Crippen LogP contribution in [-0.2, 0) is 22.7 Å². The monoisotopic (exact) mass is 282 g/mol. The van der Waals surface area contributed by atoms with Crippen molar-refractivity contribution in [2.45, 2.75) is 19.2 Å². The molecule has 3 rings (SSSR count). The lowest BCUT2D eigenvalue weighted by Crippen LogP contribution is -2.27. The van der Waals surface area contributed by atoms with Crippen molar-refractivity contribution in [1.82, 2.24) is 5.32 Å². The topological polar surface area (TPSA) is 50.4 Å². The van der Waals surface area contributed by atoms with Gasteiger partial charge in [-0.1, -0.05) is 42.5 Å². The Morgan fingerprint density at radius 3 is 2.81 bits per heavy atom. The molecular formula is C17H18N2O2. The molecule has 0 bridgehead atoms. The maximum atomic E-state index is 12.0. The zero-order valence-electron chi connectivity index (χ0n) is 11.9. The summed E-state index contributed by atoms with van der Waals surface area (Å²) in [7, 11) is 1.69. The first kappa shape index (κ1) is 13.8. The van der Waals surface area contributed by atoms with Gasteiger partial charge in [0.15, 0.2) is 0 Å². The normalized spacial score (nSPS) is 16.6. The van der Waals surface area contributed by atoms with Crippen LogP contribution in [0.5, 0.6) is 0 Å². The van der Waals surface area contributed by atoms with Gasteiger partial charge in [-0.15, -0.1) is 0 Å². The Morgan fingerprint density at radius 1 is 1.14 bits per heavy atom. The zero-order chi connectivity index (χ0) is 14.7. The van der Waals surface area contributed by atoms with Gasteiger partial charge in [0, 0.05) is 24.9 Å². The van der Waals surface area contributed by atoms with Gasteiger partial charge in [0.2, 0.25) is 5.91 Å². The summed E-state index contributed by atoms with van der Waals surface area (Å²) in [6.07, 6.45) is 0. The highest BCUT2D eigenvalue weighted by Crippen LogP contribution is 2.30. The van der Waals surface area contributed by atoms with Gasteiger partial charge < -0.3 is 10.1 Å². The predicted molar refractivity (Wildman–Crippen MR) is 81.8 cm³/mol. The van der Waals surface area contributed by atoms with E-state index in [2.05, 4.69) is 16.7 Å². The SMILES string of the molecule is COCc1cccc(CNC2C(=O)Nc3ccccc32)c1. The van der Waals surface area contributed by atoms with Crippen LogP contribution in [0.4, 0.5) is 5.69 Å². The van der Waals surface area contributed by atoms with Crippen LogP contribution in [0.3, 0.4) is 0 Å². The smallest absolute Gasteiger partial charge is 0.246 e. The summed E-state index contributed by atoms with van der Waals surface area (Å²) < 4.78 is 5.14. The molecule has 0 aliphatic carbocycles. The van der Waals surface area contributed by atoms with Crippen molar-refractivity contribution in [3.8, 4) is 0 Å². The van der Waals surface area contributed by atoms with Gasteiger partial charge in [0.25, 0.3) is 0 Å². The van der Waals surface area contributed by atoms with E-state index in [9.17, 15) is 4.79 Å². The first-order valence-electron chi connectivity index (χ1n) is 6.98. The third-order valence-corrected chi connectivity index (χ3v) is 3.60. The van der Waals surface area contributed by atoms with Crippen molar-refractivity contribution in [3.05, 3.63) is 65.2 Å². The number of rotatable bonds is 5. The number of hydrogen-bond acceptors (Lipinski definition) is 3. The van der Waals surface area contributed by atoms with Crippen LogP contribution < -0.4 is 10.6 Å². The van der Waals surface area contributed by atoms with Crippen molar-refractivity contribution < 1.29 is 9.53 Å². The molecule has 1 aliphatic heterocycles. The maximum Gasteiger partial charge on any atom is 0.246 e. The molecule has 108 valence electrons. The molecule has 4 nitrogen and oxygen atoms in total. The summed E-state index contributed by atoms with van der Waals surface area (Å²) in [6.45, 7) is 1.24. The minimum atomic E-state index is -0.285. The molecule has 1 heterocycles. The van der Waals surface area contributed by atoms with Crippen LogP contribution in [0.2, 0.25) is 0 Å². The maximum absolute atomic E-state index is 12.0. The fourth-order valence-corrected chi connectivity index (χ4v) is 2.63. The first-order chi connectivity index (χ1) is 10.3. The molecule has 21 heavy (non-hydrogen) atoms. The fourth-order valence-electron chi connectivity index (χ4n) is 2.63. The zero-order valence-corrected chi connectivity index (χ0v) is 11.9. The van der Waals surface area contributed by atoms with Crippen molar-refractivity contribution in [1.29, 1.82) is 0 Å². The van der Waals surface area contributed by atoms with E-state index in [1.807, 2.05) is 42.5 Å². The molecule has 0 radical (unpaired) electrons. The number of nitrogens with one attached hydrogen (secondary N) is 2. The molecule has 1 amide bonds. The standard InChI is InChI=1S/C17H18N2O2/c1-21-11-13-6-4-5-12(9-13)10-18-16-14-7-2-3-8-15(14)19-17(16)20/h2-9,16,18H,10-11H2,1H3,(H,19,20). The van der Waals surface area contributed by atoms with E-state index in [-0.39, 0.29) is 11.9 Å². The number of carbonyl (C=O) groups is 1. The largest absolute Gasteiger partial charge is 0.380 e. The highest BCUT2D eigenvalue weighted by atomic mass is 16.5. The molecule has 0 saturated heterocycles. The summed E-state index contributed by atoms with van der Waals surface area (Å²) >= 11 is 0. The molecular weight excluding hydrogens is 264 g/mol. The van der Waals surface area contributed by atoms with Crippen molar-refractivity contribution in [3.63, 3.8) is 0 Å². The summed E-state index contributed by atoms with van der Waals surface area (Å²) in [6, 6.07) is 15.7. The quantitative estimate of drug-likeness (QED) is 0.886. The minimum Gasteiger partial charge on any atom is -0.380 e. The third kappa shape index (κ3) is 2.96. The van der Waals surface area contributed by atoms with E-state index in [0.29, 0.717) is 13.2 Å². The van der Waals surface area contributed by atoms with E-state index >= 15 is 0 Å². The number of amides is 1. The molecule has 0 fully saturated rings. The number of methoxy groups -OCH3 is 1. The number of carbonyl (C=O) groups excluding carboxylic acids is 1. The number of hydrogen-bond donors (Lipinski definition) is 2. The Bertz CT molecular complexity index is 655. The van der Waals surface area contributed by atoms with Gasteiger partial charge in [-0.05, 0) is 17.2 Å². The molecule has 1 aliphatic rings. The Hall–Kier alpha value is -2.17. The summed E-state index contributed by atoms with van der Waals surface area (Å²) in [5.41, 5.74) is 4.18. The Morgan fingerprint density at radius 2 is 1.95 bits per heavy atom. The van der Waals surface area contributed by atoms with Crippen LogP contribution in [0.1, 0.15) is 22.7 Å². The van der Waals surface area contributed by atoms with Gasteiger partial charge in [0.05, 0.1) is 6.61 Å². The van der Waals surface area contributed by atoms with Gasteiger partial charge in [-0.2, -0.15) is 0 Å². The lowest BCUT2D eigenvalue weighted by molar-refractivity contribution is -0.117. The Balaban J connectivity index is 1.70. The van der Waals surface area contributed by atoms with Crippen LogP contribution in [0.25, 0.3) is 0 Å². The summed E-state index contributed by atoms with van der Waals surface area (Å²) in [5.74, 6) is 0.00393. The van der Waals surface area contributed by atoms with Gasteiger partial charge >= 0.3 is 0 Å². The molecule has 2 aromatic rings. The van der Waals surface area contributed by atoms with Crippen molar-refractivity contribution >= 4 is 11.6 Å². The number of anilines is 1. The number of para-hydroxylation sites is 1. The van der Waals surface area contributed by atoms with Gasteiger partial charge in [-0.3, -0.25) is 10.1 Å². The lowest BCUT2D eigenvalue weighted by atomic mass is 10.1. The van der Waals surface area contributed by atoms with E-state index in [1.165, 1.54) is 0 Å². The first-order valence-corrected chi connectivity index (χ1v) is 6.98. The average Bonchev–Trinajstić information content (AvgIpc) is 2.81. The highest BCUT2D eigenvalue weighted by Gasteiger charge is 2.29. The summed E-state index contributed by atoms with van der Waals surface area (Å²) in [4.78, 5) is 12.0. The van der Waals surface area contributed by atoms with Gasteiger partial charge in [-0.25, -0.2) is 0 Å². The van der Waals surface area contributed by atoms with Crippen LogP contribution >= 0.6 is 0 Å². The second-order valence-corrected chi connectivity index (χ2v) is 5.14. The Labute approximate surface area is 124 Å². The van der Waals surface area contributed by atoms with E-state index in [4.69, 9.17) is 4.74 Å². The van der Waals surface area contributed by atoms with E-state index < -0.39 is 0 Å². The second-order valence-electron chi connectivity index (χ2n) is 5.14.